The van der Waals surface area contributed by atoms with Gasteiger partial charge in [-0.2, -0.15) is 0 Å². The van der Waals surface area contributed by atoms with Crippen molar-refractivity contribution in [2.24, 2.45) is 0 Å². The molecule has 0 unspecified atom stereocenters. The zero-order valence-corrected chi connectivity index (χ0v) is 61.4. The highest BCUT2D eigenvalue weighted by Crippen LogP contribution is 2.58. The third-order valence-electron chi connectivity index (χ3n) is 20.4. The standard InChI is InChI=1S/C88H112N2O10/c1-9-11-13-15-17-19-45-87(46-20-18-16-14-12-10-2)85-65-75(89(71-27-21-67(3)22-28-71)73-31-37-77(93-7)38-32-73)35-43-81(85)82-44-36-76(66-86(82)87)90(74-33-39-78(94-8)40-34-74)72-29-24-69(25-30-72)70-26-42-80-79-41-23-68(4)63-83(79)88(84(80)64-70,47-49-95-55-57-99-61-59-97-53-51-91-5)48-50-96-56-58-100-62-60-98-54-52-92-6/h21-44,63-66H,9-20,45-62H2,1-8H3. The van der Waals surface area contributed by atoms with E-state index in [1.165, 1.54) is 133 Å². The summed E-state index contributed by atoms with van der Waals surface area (Å²) in [5.41, 5.74) is 21.6. The molecule has 0 saturated carbocycles. The second kappa shape index (κ2) is 39.2. The Bertz CT molecular complexity index is 3680. The number of ether oxygens (including phenoxy) is 10. The monoisotopic (exact) mass is 1360 g/mol. The van der Waals surface area contributed by atoms with Crippen molar-refractivity contribution in [2.75, 3.05) is 131 Å². The van der Waals surface area contributed by atoms with Gasteiger partial charge in [0.2, 0.25) is 0 Å². The maximum atomic E-state index is 6.46. The van der Waals surface area contributed by atoms with Crippen molar-refractivity contribution in [1.82, 2.24) is 0 Å². The van der Waals surface area contributed by atoms with E-state index in [0.29, 0.717) is 92.5 Å². The number of methoxy groups -OCH3 is 4. The van der Waals surface area contributed by atoms with Crippen LogP contribution in [0.1, 0.15) is 150 Å². The van der Waals surface area contributed by atoms with Crippen LogP contribution in [0.5, 0.6) is 11.5 Å². The van der Waals surface area contributed by atoms with Crippen LogP contribution in [-0.4, -0.2) is 121 Å². The van der Waals surface area contributed by atoms with E-state index in [4.69, 9.17) is 47.4 Å². The first-order valence-electron chi connectivity index (χ1n) is 37.2. The fourth-order valence-corrected chi connectivity index (χ4v) is 15.0. The Morgan fingerprint density at radius 2 is 0.580 bits per heavy atom. The molecule has 0 aromatic heterocycles. The topological polar surface area (TPSA) is 98.8 Å². The number of aryl methyl sites for hydroxylation is 2. The van der Waals surface area contributed by atoms with E-state index in [1.54, 1.807) is 28.4 Å². The van der Waals surface area contributed by atoms with Gasteiger partial charge in [0.05, 0.1) is 93.5 Å². The number of anilines is 6. The number of fused-ring (bicyclic) bond motifs is 6. The Balaban J connectivity index is 1.01. The number of unbranched alkanes of at least 4 members (excludes halogenated alkanes) is 10. The van der Waals surface area contributed by atoms with Crippen LogP contribution in [-0.2, 0) is 48.7 Å². The first-order valence-corrected chi connectivity index (χ1v) is 37.2. The van der Waals surface area contributed by atoms with Gasteiger partial charge in [0.15, 0.2) is 0 Å². The number of benzene rings is 8. The van der Waals surface area contributed by atoms with Crippen molar-refractivity contribution in [3.05, 3.63) is 203 Å². The quantitative estimate of drug-likeness (QED) is 0.0340. The van der Waals surface area contributed by atoms with Crippen molar-refractivity contribution >= 4 is 34.1 Å². The van der Waals surface area contributed by atoms with E-state index in [2.05, 4.69) is 207 Å². The van der Waals surface area contributed by atoms with Crippen LogP contribution in [0.3, 0.4) is 0 Å². The van der Waals surface area contributed by atoms with Crippen LogP contribution in [0.25, 0.3) is 33.4 Å². The van der Waals surface area contributed by atoms with Gasteiger partial charge in [0.25, 0.3) is 0 Å². The van der Waals surface area contributed by atoms with Gasteiger partial charge >= 0.3 is 0 Å². The summed E-state index contributed by atoms with van der Waals surface area (Å²) in [6.45, 7) is 16.4. The van der Waals surface area contributed by atoms with E-state index in [9.17, 15) is 0 Å². The lowest BCUT2D eigenvalue weighted by Gasteiger charge is -2.35. The Labute approximate surface area is 598 Å². The van der Waals surface area contributed by atoms with Gasteiger partial charge in [-0.3, -0.25) is 0 Å². The second-order valence-corrected chi connectivity index (χ2v) is 27.1. The summed E-state index contributed by atoms with van der Waals surface area (Å²) >= 11 is 0. The van der Waals surface area contributed by atoms with Crippen molar-refractivity contribution < 1.29 is 47.4 Å². The Hall–Kier alpha value is -7.36. The highest BCUT2D eigenvalue weighted by Gasteiger charge is 2.45. The first-order chi connectivity index (χ1) is 49.2. The molecule has 0 radical (unpaired) electrons. The number of hydrogen-bond acceptors (Lipinski definition) is 12. The van der Waals surface area contributed by atoms with Crippen molar-refractivity contribution in [1.29, 1.82) is 0 Å². The van der Waals surface area contributed by atoms with Crippen LogP contribution in [0.15, 0.2) is 170 Å². The first kappa shape index (κ1) is 75.3. The van der Waals surface area contributed by atoms with E-state index in [-0.39, 0.29) is 10.8 Å². The SMILES string of the molecule is CCCCCCCCC1(CCCCCCCC)c2cc(N(c3ccc(C)cc3)c3ccc(OC)cc3)ccc2-c2ccc(N(c3ccc(OC)cc3)c3ccc(-c4ccc5c(c4)C(CCOCCOCCOCCOC)(CCOCCOCCOCCOC)c4cc(C)ccc4-5)cc3)cc21. The molecule has 0 bridgehead atoms. The van der Waals surface area contributed by atoms with E-state index in [1.807, 2.05) is 0 Å². The molecular formula is C88H112N2O10. The van der Waals surface area contributed by atoms with Gasteiger partial charge < -0.3 is 57.2 Å². The molecule has 0 fully saturated rings. The summed E-state index contributed by atoms with van der Waals surface area (Å²) in [6.07, 6.45) is 18.6. The maximum Gasteiger partial charge on any atom is 0.119 e. The van der Waals surface area contributed by atoms with E-state index < -0.39 is 0 Å². The molecule has 0 saturated heterocycles. The van der Waals surface area contributed by atoms with Crippen LogP contribution in [0.4, 0.5) is 34.1 Å². The normalized spacial score (nSPS) is 13.1. The summed E-state index contributed by atoms with van der Waals surface area (Å²) in [5, 5.41) is 0. The number of nitrogens with zero attached hydrogens (tertiary/aromatic N) is 2. The average molecular weight is 1360 g/mol. The Morgan fingerprint density at radius 1 is 0.270 bits per heavy atom. The molecule has 2 aliphatic rings. The predicted molar refractivity (Wildman–Crippen MR) is 410 cm³/mol. The van der Waals surface area contributed by atoms with Crippen LogP contribution in [0, 0.1) is 13.8 Å². The minimum absolute atomic E-state index is 0.220. The summed E-state index contributed by atoms with van der Waals surface area (Å²) in [5.74, 6) is 1.66. The number of hydrogen-bond donors (Lipinski definition) is 0. The lowest BCUT2D eigenvalue weighted by molar-refractivity contribution is -0.00195. The Kier molecular flexibility index (Phi) is 29.5. The molecule has 0 atom stereocenters. The predicted octanol–water partition coefficient (Wildman–Crippen LogP) is 21.1. The van der Waals surface area contributed by atoms with Gasteiger partial charge in [-0.1, -0.05) is 169 Å². The molecule has 100 heavy (non-hydrogen) atoms. The summed E-state index contributed by atoms with van der Waals surface area (Å²) in [6, 6.07) is 64.1. The molecule has 0 N–H and O–H groups in total. The molecule has 12 nitrogen and oxygen atoms in total. The summed E-state index contributed by atoms with van der Waals surface area (Å²) in [7, 11) is 6.84. The maximum absolute atomic E-state index is 6.46. The fraction of sp³-hybridized carbons (Fsp3) is 0.455. The smallest absolute Gasteiger partial charge is 0.119 e. The third kappa shape index (κ3) is 19.2. The lowest BCUT2D eigenvalue weighted by atomic mass is 9.70. The molecule has 8 aromatic rings. The van der Waals surface area contributed by atoms with Crippen molar-refractivity contribution in [3.63, 3.8) is 0 Å². The molecule has 0 amide bonds. The van der Waals surface area contributed by atoms with Crippen LogP contribution >= 0.6 is 0 Å². The van der Waals surface area contributed by atoms with Crippen LogP contribution in [0.2, 0.25) is 0 Å². The van der Waals surface area contributed by atoms with Gasteiger partial charge in [0.1, 0.15) is 11.5 Å². The minimum Gasteiger partial charge on any atom is -0.497 e. The van der Waals surface area contributed by atoms with Gasteiger partial charge in [0, 0.05) is 72.4 Å². The second-order valence-electron chi connectivity index (χ2n) is 27.1. The number of rotatable bonds is 47. The zero-order valence-electron chi connectivity index (χ0n) is 61.4. The molecule has 8 aromatic carbocycles. The summed E-state index contributed by atoms with van der Waals surface area (Å²) in [4.78, 5) is 4.89. The molecule has 2 aliphatic carbocycles. The molecular weight excluding hydrogens is 1240 g/mol. The molecule has 12 heteroatoms. The highest BCUT2D eigenvalue weighted by atomic mass is 16.6. The lowest BCUT2D eigenvalue weighted by Crippen LogP contribution is -2.30. The third-order valence-corrected chi connectivity index (χ3v) is 20.4. The molecule has 0 spiro atoms. The zero-order chi connectivity index (χ0) is 69.8. The van der Waals surface area contributed by atoms with Crippen LogP contribution < -0.4 is 19.3 Å². The van der Waals surface area contributed by atoms with E-state index in [0.717, 1.165) is 82.4 Å². The Morgan fingerprint density at radius 3 is 1.00 bits per heavy atom. The molecule has 10 rings (SSSR count). The summed E-state index contributed by atoms with van der Waals surface area (Å²) < 4.78 is 57.7. The fourth-order valence-electron chi connectivity index (χ4n) is 15.0. The minimum atomic E-state index is -0.380. The van der Waals surface area contributed by atoms with Gasteiger partial charge in [-0.05, 0) is 198 Å². The van der Waals surface area contributed by atoms with Crippen molar-refractivity contribution in [3.8, 4) is 44.9 Å². The molecule has 0 heterocycles. The van der Waals surface area contributed by atoms with E-state index >= 15 is 0 Å². The molecule has 0 aliphatic heterocycles. The van der Waals surface area contributed by atoms with Gasteiger partial charge in [-0.15, -0.1) is 0 Å². The molecule has 534 valence electrons. The van der Waals surface area contributed by atoms with Gasteiger partial charge in [-0.25, -0.2) is 0 Å². The largest absolute Gasteiger partial charge is 0.497 e. The highest BCUT2D eigenvalue weighted by molar-refractivity contribution is 5.90. The average Bonchev–Trinajstić information content (AvgIpc) is 1.56. The van der Waals surface area contributed by atoms with Crippen molar-refractivity contribution in [2.45, 2.75) is 141 Å².